The topological polar surface area (TPSA) is 62.2 Å². The van der Waals surface area contributed by atoms with Crippen LogP contribution in [0.4, 0.5) is 0 Å². The molecule has 5 heteroatoms. The lowest BCUT2D eigenvalue weighted by Gasteiger charge is -2.22. The summed E-state index contributed by atoms with van der Waals surface area (Å²) in [5, 5.41) is 6.44. The minimum Gasteiger partial charge on any atom is -0.317 e. The molecule has 4 rings (SSSR count). The Morgan fingerprint density at radius 1 is 1.24 bits per heavy atom. The minimum absolute atomic E-state index is 0.0206. The molecule has 0 spiro atoms. The first-order valence-electron chi connectivity index (χ1n) is 8.12. The van der Waals surface area contributed by atoms with E-state index in [-0.39, 0.29) is 5.56 Å². The number of rotatable bonds is 4. The predicted octanol–water partition coefficient (Wildman–Crippen LogP) is 1.83. The lowest BCUT2D eigenvalue weighted by atomic mass is 9.92. The summed E-state index contributed by atoms with van der Waals surface area (Å²) in [4.78, 5) is 16.9. The summed E-state index contributed by atoms with van der Waals surface area (Å²) in [6.07, 6.45) is 8.97. The van der Waals surface area contributed by atoms with Gasteiger partial charge in [-0.25, -0.2) is 9.50 Å². The van der Waals surface area contributed by atoms with Gasteiger partial charge in [-0.3, -0.25) is 9.89 Å². The normalized spacial score (nSPS) is 20.2. The van der Waals surface area contributed by atoms with Gasteiger partial charge in [0.2, 0.25) is 0 Å². The maximum Gasteiger partial charge on any atom is 0.272 e. The van der Waals surface area contributed by atoms with E-state index in [1.807, 2.05) is 6.20 Å². The quantitative estimate of drug-likeness (QED) is 0.901. The Morgan fingerprint density at radius 3 is 2.81 bits per heavy atom. The maximum absolute atomic E-state index is 12.2. The Hall–Kier alpha value is -1.62. The van der Waals surface area contributed by atoms with Crippen LogP contribution in [0.2, 0.25) is 0 Å². The van der Waals surface area contributed by atoms with Crippen LogP contribution in [0.5, 0.6) is 0 Å². The van der Waals surface area contributed by atoms with Crippen LogP contribution in [0.3, 0.4) is 0 Å². The number of aromatic nitrogens is 3. The summed E-state index contributed by atoms with van der Waals surface area (Å²) < 4.78 is 1.59. The van der Waals surface area contributed by atoms with Crippen LogP contribution in [-0.4, -0.2) is 27.7 Å². The number of hydrogen-bond donors (Lipinski definition) is 2. The highest BCUT2D eigenvalue weighted by Gasteiger charge is 2.27. The molecule has 2 N–H and O–H groups in total. The van der Waals surface area contributed by atoms with Crippen LogP contribution < -0.4 is 10.9 Å². The highest BCUT2D eigenvalue weighted by Crippen LogP contribution is 2.41. The molecular formula is C16H22N4O. The zero-order chi connectivity index (χ0) is 14.2. The third kappa shape index (κ3) is 2.62. The second-order valence-corrected chi connectivity index (χ2v) is 6.48. The Kier molecular flexibility index (Phi) is 3.30. The monoisotopic (exact) mass is 286 g/mol. The Balaban J connectivity index is 1.56. The number of nitrogens with one attached hydrogen (secondary N) is 2. The van der Waals surface area contributed by atoms with Gasteiger partial charge in [0.15, 0.2) is 5.65 Å². The smallest absolute Gasteiger partial charge is 0.272 e. The zero-order valence-electron chi connectivity index (χ0n) is 12.3. The van der Waals surface area contributed by atoms with E-state index in [2.05, 4.69) is 10.4 Å². The molecule has 112 valence electrons. The number of aromatic amines is 1. The average Bonchev–Trinajstić information content (AvgIpc) is 3.26. The zero-order valence-corrected chi connectivity index (χ0v) is 12.3. The van der Waals surface area contributed by atoms with Gasteiger partial charge in [-0.15, -0.1) is 0 Å². The number of nitrogens with zero attached hydrogens (tertiary/aromatic N) is 2. The summed E-state index contributed by atoms with van der Waals surface area (Å²) in [5.74, 6) is 1.39. The molecule has 0 aromatic carbocycles. The molecule has 1 aliphatic heterocycles. The van der Waals surface area contributed by atoms with Crippen molar-refractivity contribution in [1.29, 1.82) is 0 Å². The summed E-state index contributed by atoms with van der Waals surface area (Å²) in [6.45, 7) is 2.26. The molecule has 1 aliphatic carbocycles. The summed E-state index contributed by atoms with van der Waals surface area (Å²) in [7, 11) is 0. The number of aryl methyl sites for hydroxylation is 1. The number of hydrogen-bond acceptors (Lipinski definition) is 3. The van der Waals surface area contributed by atoms with Crippen molar-refractivity contribution in [2.45, 2.75) is 44.4 Å². The van der Waals surface area contributed by atoms with Crippen molar-refractivity contribution in [3.05, 3.63) is 33.9 Å². The lowest BCUT2D eigenvalue weighted by molar-refractivity contribution is 0.353. The third-order valence-electron chi connectivity index (χ3n) is 4.86. The molecule has 2 aromatic heterocycles. The van der Waals surface area contributed by atoms with Crippen molar-refractivity contribution in [2.24, 2.45) is 5.92 Å². The van der Waals surface area contributed by atoms with Crippen molar-refractivity contribution in [3.63, 3.8) is 0 Å². The number of H-pyrrole nitrogens is 1. The Bertz CT molecular complexity index is 692. The van der Waals surface area contributed by atoms with E-state index in [4.69, 9.17) is 4.98 Å². The fourth-order valence-electron chi connectivity index (χ4n) is 3.39. The van der Waals surface area contributed by atoms with Crippen molar-refractivity contribution < 1.29 is 0 Å². The second kappa shape index (κ2) is 5.30. The molecule has 0 atom stereocenters. The minimum atomic E-state index is 0.0206. The van der Waals surface area contributed by atoms with Crippen molar-refractivity contribution in [2.75, 3.05) is 13.1 Å². The predicted molar refractivity (Wildman–Crippen MR) is 81.7 cm³/mol. The number of fused-ring (bicyclic) bond motifs is 1. The third-order valence-corrected chi connectivity index (χ3v) is 4.86. The Labute approximate surface area is 123 Å². The Morgan fingerprint density at radius 2 is 2.05 bits per heavy atom. The van der Waals surface area contributed by atoms with E-state index in [0.717, 1.165) is 43.2 Å². The van der Waals surface area contributed by atoms with E-state index in [1.165, 1.54) is 31.2 Å². The molecule has 0 unspecified atom stereocenters. The first-order chi connectivity index (χ1) is 10.3. The SMILES string of the molecule is O=c1cc(CCC2CCNCC2)nc2c(C3CC3)c[nH]n12. The van der Waals surface area contributed by atoms with Gasteiger partial charge >= 0.3 is 0 Å². The standard InChI is InChI=1S/C16H22N4O/c21-15-9-13(4-1-11-5-7-17-8-6-11)19-16-14(12-2-3-12)10-18-20(15)16/h9-12,17-18H,1-8H2. The van der Waals surface area contributed by atoms with Gasteiger partial charge in [-0.05, 0) is 63.5 Å². The molecule has 0 amide bonds. The average molecular weight is 286 g/mol. The number of piperidine rings is 1. The molecule has 1 saturated carbocycles. The van der Waals surface area contributed by atoms with Crippen LogP contribution >= 0.6 is 0 Å². The highest BCUT2D eigenvalue weighted by molar-refractivity contribution is 5.50. The van der Waals surface area contributed by atoms with Gasteiger partial charge in [0.1, 0.15) is 0 Å². The molecule has 5 nitrogen and oxygen atoms in total. The fourth-order valence-corrected chi connectivity index (χ4v) is 3.39. The molecule has 2 aliphatic rings. The van der Waals surface area contributed by atoms with Crippen molar-refractivity contribution in [1.82, 2.24) is 19.9 Å². The highest BCUT2D eigenvalue weighted by atomic mass is 16.1. The first-order valence-corrected chi connectivity index (χ1v) is 8.12. The van der Waals surface area contributed by atoms with E-state index < -0.39 is 0 Å². The lowest BCUT2D eigenvalue weighted by Crippen LogP contribution is -2.28. The van der Waals surface area contributed by atoms with E-state index >= 15 is 0 Å². The molecular weight excluding hydrogens is 264 g/mol. The van der Waals surface area contributed by atoms with Gasteiger partial charge in [0.25, 0.3) is 5.56 Å². The van der Waals surface area contributed by atoms with Gasteiger partial charge in [-0.1, -0.05) is 0 Å². The van der Waals surface area contributed by atoms with Crippen molar-refractivity contribution >= 4 is 5.65 Å². The molecule has 21 heavy (non-hydrogen) atoms. The fraction of sp³-hybridized carbons (Fsp3) is 0.625. The maximum atomic E-state index is 12.2. The molecule has 0 bridgehead atoms. The van der Waals surface area contributed by atoms with E-state index in [0.29, 0.717) is 5.92 Å². The largest absolute Gasteiger partial charge is 0.317 e. The van der Waals surface area contributed by atoms with Gasteiger partial charge in [0, 0.05) is 23.5 Å². The molecule has 3 heterocycles. The van der Waals surface area contributed by atoms with Gasteiger partial charge in [-0.2, -0.15) is 0 Å². The van der Waals surface area contributed by atoms with Gasteiger partial charge in [0.05, 0.1) is 0 Å². The molecule has 1 saturated heterocycles. The summed E-state index contributed by atoms with van der Waals surface area (Å²) in [6, 6.07) is 1.70. The molecule has 0 radical (unpaired) electrons. The van der Waals surface area contributed by atoms with E-state index in [1.54, 1.807) is 10.6 Å². The van der Waals surface area contributed by atoms with Gasteiger partial charge < -0.3 is 5.32 Å². The summed E-state index contributed by atoms with van der Waals surface area (Å²) >= 11 is 0. The molecule has 2 fully saturated rings. The first kappa shape index (κ1) is 13.1. The van der Waals surface area contributed by atoms with Crippen LogP contribution in [0.25, 0.3) is 5.65 Å². The summed E-state index contributed by atoms with van der Waals surface area (Å²) in [5.41, 5.74) is 3.05. The molecule has 2 aromatic rings. The van der Waals surface area contributed by atoms with Crippen LogP contribution in [0, 0.1) is 5.92 Å². The van der Waals surface area contributed by atoms with E-state index in [9.17, 15) is 4.79 Å². The van der Waals surface area contributed by atoms with Crippen LogP contribution in [0.1, 0.15) is 49.3 Å². The second-order valence-electron chi connectivity index (χ2n) is 6.48. The van der Waals surface area contributed by atoms with Crippen molar-refractivity contribution in [3.8, 4) is 0 Å². The van der Waals surface area contributed by atoms with Crippen LogP contribution in [0.15, 0.2) is 17.1 Å². The van der Waals surface area contributed by atoms with Crippen LogP contribution in [-0.2, 0) is 6.42 Å².